The summed E-state index contributed by atoms with van der Waals surface area (Å²) in [6.07, 6.45) is 0. The van der Waals surface area contributed by atoms with E-state index in [1.807, 2.05) is 30.3 Å². The van der Waals surface area contributed by atoms with Crippen LogP contribution in [0.2, 0.25) is 0 Å². The van der Waals surface area contributed by atoms with Crippen molar-refractivity contribution in [3.05, 3.63) is 64.1 Å². The molecular weight excluding hydrogens is 376 g/mol. The first-order valence-electron chi connectivity index (χ1n) is 7.00. The lowest BCUT2D eigenvalue weighted by atomic mass is 10.1. The van der Waals surface area contributed by atoms with E-state index in [1.165, 1.54) is 11.8 Å². The highest BCUT2D eigenvalue weighted by atomic mass is 79.9. The van der Waals surface area contributed by atoms with Gasteiger partial charge in [0.2, 0.25) is 5.91 Å². The van der Waals surface area contributed by atoms with Crippen LogP contribution >= 0.6 is 27.7 Å². The van der Waals surface area contributed by atoms with Crippen LogP contribution in [0.4, 0.5) is 0 Å². The van der Waals surface area contributed by atoms with Crippen LogP contribution in [0.5, 0.6) is 5.75 Å². The topological polar surface area (TPSA) is 61.7 Å². The summed E-state index contributed by atoms with van der Waals surface area (Å²) in [6, 6.07) is 14.8. The lowest BCUT2D eigenvalue weighted by molar-refractivity contribution is -0.118. The molecule has 0 atom stereocenters. The van der Waals surface area contributed by atoms with Crippen LogP contribution in [0.15, 0.2) is 58.1 Å². The minimum absolute atomic E-state index is 0.145. The molecule has 4 nitrogen and oxygen atoms in total. The van der Waals surface area contributed by atoms with Gasteiger partial charge in [-0.1, -0.05) is 46.3 Å². The minimum atomic E-state index is -0.170. The Bertz CT molecular complexity index is 719. The zero-order chi connectivity index (χ0) is 16.7. The van der Waals surface area contributed by atoms with Crippen LogP contribution in [0.1, 0.15) is 18.1 Å². The third-order valence-electron chi connectivity index (χ3n) is 3.09. The minimum Gasteiger partial charge on any atom is -0.507 e. The smallest absolute Gasteiger partial charge is 0.250 e. The normalized spacial score (nSPS) is 11.3. The zero-order valence-electron chi connectivity index (χ0n) is 12.6. The number of phenolic OH excluding ortho intramolecular Hbond substituents is 1. The van der Waals surface area contributed by atoms with Gasteiger partial charge in [0.25, 0.3) is 0 Å². The number of halogens is 1. The maximum atomic E-state index is 11.8. The maximum Gasteiger partial charge on any atom is 0.250 e. The molecule has 2 aromatic carbocycles. The number of rotatable bonds is 6. The van der Waals surface area contributed by atoms with Crippen LogP contribution in [0.3, 0.4) is 0 Å². The monoisotopic (exact) mass is 392 g/mol. The van der Waals surface area contributed by atoms with E-state index >= 15 is 0 Å². The average molecular weight is 393 g/mol. The average Bonchev–Trinajstić information content (AvgIpc) is 2.55. The van der Waals surface area contributed by atoms with Gasteiger partial charge in [-0.15, -0.1) is 11.8 Å². The van der Waals surface area contributed by atoms with Crippen LogP contribution in [0, 0.1) is 0 Å². The first-order chi connectivity index (χ1) is 11.1. The number of hydrogen-bond donors (Lipinski definition) is 2. The molecule has 0 aliphatic heterocycles. The molecule has 0 aliphatic rings. The molecule has 0 saturated carbocycles. The highest BCUT2D eigenvalue weighted by Gasteiger charge is 2.06. The van der Waals surface area contributed by atoms with Gasteiger partial charge < -0.3 is 5.11 Å². The zero-order valence-corrected chi connectivity index (χ0v) is 15.0. The van der Waals surface area contributed by atoms with Gasteiger partial charge in [-0.2, -0.15) is 5.10 Å². The summed E-state index contributed by atoms with van der Waals surface area (Å²) >= 11 is 5.01. The van der Waals surface area contributed by atoms with Crippen LogP contribution in [-0.4, -0.2) is 22.5 Å². The van der Waals surface area contributed by atoms with E-state index in [9.17, 15) is 9.90 Å². The molecule has 2 aromatic rings. The molecule has 0 heterocycles. The fraction of sp³-hybridized carbons (Fsp3) is 0.176. The first-order valence-corrected chi connectivity index (χ1v) is 8.95. The molecule has 23 heavy (non-hydrogen) atoms. The summed E-state index contributed by atoms with van der Waals surface area (Å²) in [5, 5.41) is 13.8. The summed E-state index contributed by atoms with van der Waals surface area (Å²) in [5.74, 6) is 1.04. The van der Waals surface area contributed by atoms with Crippen molar-refractivity contribution in [1.29, 1.82) is 0 Å². The van der Waals surface area contributed by atoms with Gasteiger partial charge in [-0.25, -0.2) is 5.43 Å². The molecular formula is C17H17BrN2O2S. The van der Waals surface area contributed by atoms with Gasteiger partial charge in [0.15, 0.2) is 0 Å². The Hall–Kier alpha value is -1.79. The third kappa shape index (κ3) is 5.41. The van der Waals surface area contributed by atoms with Gasteiger partial charge >= 0.3 is 0 Å². The number of carbonyl (C=O) groups excluding carboxylic acids is 1. The SMILES string of the molecule is CC(=NNC(=O)CSCc1ccccc1Br)c1ccccc1O. The summed E-state index contributed by atoms with van der Waals surface area (Å²) in [6.45, 7) is 1.74. The van der Waals surface area contributed by atoms with E-state index in [4.69, 9.17) is 0 Å². The van der Waals surface area contributed by atoms with Crippen molar-refractivity contribution in [2.75, 3.05) is 5.75 Å². The third-order valence-corrected chi connectivity index (χ3v) is 4.85. The number of nitrogens with zero attached hydrogens (tertiary/aromatic N) is 1. The Balaban J connectivity index is 1.82. The van der Waals surface area contributed by atoms with Crippen LogP contribution in [0.25, 0.3) is 0 Å². The van der Waals surface area contributed by atoms with Gasteiger partial charge in [0.05, 0.1) is 11.5 Å². The molecule has 2 N–H and O–H groups in total. The number of phenols is 1. The molecule has 0 radical (unpaired) electrons. The Kier molecular flexibility index (Phi) is 6.67. The Morgan fingerprint density at radius 3 is 2.65 bits per heavy atom. The summed E-state index contributed by atoms with van der Waals surface area (Å²) < 4.78 is 1.04. The second-order valence-corrected chi connectivity index (χ2v) is 6.67. The Morgan fingerprint density at radius 1 is 1.22 bits per heavy atom. The van der Waals surface area contributed by atoms with E-state index in [2.05, 4.69) is 26.5 Å². The Labute approximate surface area is 148 Å². The number of nitrogens with one attached hydrogen (secondary N) is 1. The Morgan fingerprint density at radius 2 is 1.91 bits per heavy atom. The standard InChI is InChI=1S/C17H17BrN2O2S/c1-12(14-7-3-5-9-16(14)21)19-20-17(22)11-23-10-13-6-2-4-8-15(13)18/h2-9,21H,10-11H2,1H3,(H,20,22). The number of benzene rings is 2. The number of hydrogen-bond acceptors (Lipinski definition) is 4. The molecule has 120 valence electrons. The van der Waals surface area contributed by atoms with Crippen molar-refractivity contribution in [3.63, 3.8) is 0 Å². The summed E-state index contributed by atoms with van der Waals surface area (Å²) in [5.41, 5.74) is 4.83. The molecule has 0 aliphatic carbocycles. The largest absolute Gasteiger partial charge is 0.507 e. The molecule has 0 saturated heterocycles. The van der Waals surface area contributed by atoms with E-state index < -0.39 is 0 Å². The maximum absolute atomic E-state index is 11.8. The van der Waals surface area contributed by atoms with E-state index in [0.29, 0.717) is 17.0 Å². The predicted octanol–water partition coefficient (Wildman–Crippen LogP) is 3.93. The first kappa shape index (κ1) is 17.6. The molecule has 0 unspecified atom stereocenters. The second-order valence-electron chi connectivity index (χ2n) is 4.83. The summed E-state index contributed by atoms with van der Waals surface area (Å²) in [7, 11) is 0. The number of amides is 1. The molecule has 6 heteroatoms. The van der Waals surface area contributed by atoms with Crippen molar-refractivity contribution in [1.82, 2.24) is 5.43 Å². The fourth-order valence-electron chi connectivity index (χ4n) is 1.89. The van der Waals surface area contributed by atoms with Crippen LogP contribution < -0.4 is 5.43 Å². The number of carbonyl (C=O) groups is 1. The number of hydrazone groups is 1. The molecule has 2 rings (SSSR count). The van der Waals surface area contributed by atoms with Gasteiger partial charge in [0.1, 0.15) is 5.75 Å². The highest BCUT2D eigenvalue weighted by Crippen LogP contribution is 2.21. The summed E-state index contributed by atoms with van der Waals surface area (Å²) in [4.78, 5) is 11.8. The molecule has 0 aromatic heterocycles. The van der Waals surface area contributed by atoms with Crippen molar-refractivity contribution < 1.29 is 9.90 Å². The number of aromatic hydroxyl groups is 1. The van der Waals surface area contributed by atoms with E-state index in [0.717, 1.165) is 15.8 Å². The fourth-order valence-corrected chi connectivity index (χ4v) is 3.32. The number of para-hydroxylation sites is 1. The van der Waals surface area contributed by atoms with Crippen molar-refractivity contribution >= 4 is 39.3 Å². The molecule has 0 bridgehead atoms. The van der Waals surface area contributed by atoms with Crippen LogP contribution in [-0.2, 0) is 10.5 Å². The lowest BCUT2D eigenvalue weighted by Crippen LogP contribution is -2.21. The quantitative estimate of drug-likeness (QED) is 0.578. The van der Waals surface area contributed by atoms with E-state index in [-0.39, 0.29) is 11.7 Å². The van der Waals surface area contributed by atoms with Crippen molar-refractivity contribution in [2.45, 2.75) is 12.7 Å². The number of thioether (sulfide) groups is 1. The lowest BCUT2D eigenvalue weighted by Gasteiger charge is -2.05. The van der Waals surface area contributed by atoms with Crippen molar-refractivity contribution in [2.24, 2.45) is 5.10 Å². The van der Waals surface area contributed by atoms with Gasteiger partial charge in [-0.05, 0) is 30.7 Å². The second kappa shape index (κ2) is 8.74. The van der Waals surface area contributed by atoms with Crippen molar-refractivity contribution in [3.8, 4) is 5.75 Å². The molecule has 0 spiro atoms. The van der Waals surface area contributed by atoms with Gasteiger partial charge in [-0.3, -0.25) is 4.79 Å². The van der Waals surface area contributed by atoms with E-state index in [1.54, 1.807) is 25.1 Å². The van der Waals surface area contributed by atoms with Gasteiger partial charge in [0, 0.05) is 15.8 Å². The molecule has 0 fully saturated rings. The highest BCUT2D eigenvalue weighted by molar-refractivity contribution is 9.10. The predicted molar refractivity (Wildman–Crippen MR) is 98.8 cm³/mol. The molecule has 1 amide bonds.